The van der Waals surface area contributed by atoms with Crippen LogP contribution in [0.5, 0.6) is 11.8 Å². The molecule has 28 heavy (non-hydrogen) atoms. The van der Waals surface area contributed by atoms with Crippen LogP contribution in [-0.4, -0.2) is 52.1 Å². The number of amides is 1. The third-order valence-corrected chi connectivity index (χ3v) is 4.32. The normalized spacial score (nSPS) is 15.0. The molecule has 3 rings (SSSR count). The zero-order valence-corrected chi connectivity index (χ0v) is 16.5. The minimum absolute atomic E-state index is 0.140. The van der Waals surface area contributed by atoms with Crippen LogP contribution in [-0.2, 0) is 4.74 Å². The highest BCUT2D eigenvalue weighted by molar-refractivity contribution is 5.72. The molecule has 2 heterocycles. The molecule has 2 aromatic rings. The van der Waals surface area contributed by atoms with Crippen molar-refractivity contribution in [3.05, 3.63) is 12.4 Å². The fraction of sp³-hybridized carbons (Fsp3) is 0.556. The number of H-pyrrole nitrogens is 1. The van der Waals surface area contributed by atoms with Gasteiger partial charge in [-0.25, -0.2) is 14.8 Å². The summed E-state index contributed by atoms with van der Waals surface area (Å²) in [5.41, 5.74) is 6.18. The van der Waals surface area contributed by atoms with Crippen LogP contribution in [0.4, 0.5) is 10.6 Å². The molecule has 1 fully saturated rings. The van der Waals surface area contributed by atoms with E-state index in [9.17, 15) is 4.79 Å². The van der Waals surface area contributed by atoms with Gasteiger partial charge in [0, 0.05) is 18.0 Å². The van der Waals surface area contributed by atoms with Crippen LogP contribution in [0.2, 0.25) is 0 Å². The number of ether oxygens (including phenoxy) is 3. The lowest BCUT2D eigenvalue weighted by Crippen LogP contribution is -2.37. The molecule has 0 unspecified atom stereocenters. The second kappa shape index (κ2) is 7.53. The van der Waals surface area contributed by atoms with Gasteiger partial charge in [0.25, 0.3) is 0 Å². The SMILES string of the molecule is COc1ncnc(OCC2(CNC(=O)OC(C)(C)C)CC2)c1-c1cc(N)n[nH]1. The number of methoxy groups -OCH3 is 1. The fourth-order valence-corrected chi connectivity index (χ4v) is 2.66. The van der Waals surface area contributed by atoms with E-state index in [1.165, 1.54) is 13.4 Å². The number of nitrogen functional groups attached to an aromatic ring is 1. The first kappa shape index (κ1) is 19.7. The smallest absolute Gasteiger partial charge is 0.407 e. The zero-order chi connectivity index (χ0) is 20.4. The highest BCUT2D eigenvalue weighted by Crippen LogP contribution is 2.46. The first-order valence-corrected chi connectivity index (χ1v) is 9.01. The lowest BCUT2D eigenvalue weighted by molar-refractivity contribution is 0.0509. The molecular formula is C18H26N6O4. The fourth-order valence-electron chi connectivity index (χ4n) is 2.66. The van der Waals surface area contributed by atoms with E-state index >= 15 is 0 Å². The van der Waals surface area contributed by atoms with E-state index in [4.69, 9.17) is 19.9 Å². The Morgan fingerprint density at radius 2 is 2.04 bits per heavy atom. The van der Waals surface area contributed by atoms with Crippen LogP contribution < -0.4 is 20.5 Å². The number of aromatic nitrogens is 4. The summed E-state index contributed by atoms with van der Waals surface area (Å²) in [6.45, 7) is 6.34. The molecule has 4 N–H and O–H groups in total. The number of carbonyl (C=O) groups excluding carboxylic acids is 1. The van der Waals surface area contributed by atoms with Crippen LogP contribution in [0.3, 0.4) is 0 Å². The molecule has 1 amide bonds. The summed E-state index contributed by atoms with van der Waals surface area (Å²) < 4.78 is 16.6. The molecule has 0 aliphatic heterocycles. The maximum Gasteiger partial charge on any atom is 0.407 e. The molecular weight excluding hydrogens is 364 g/mol. The monoisotopic (exact) mass is 390 g/mol. The summed E-state index contributed by atoms with van der Waals surface area (Å²) in [4.78, 5) is 20.3. The Kier molecular flexibility index (Phi) is 5.30. The molecule has 0 saturated heterocycles. The average Bonchev–Trinajstić information content (AvgIpc) is 3.28. The van der Waals surface area contributed by atoms with Gasteiger partial charge in [-0.15, -0.1) is 0 Å². The van der Waals surface area contributed by atoms with Gasteiger partial charge < -0.3 is 25.3 Å². The van der Waals surface area contributed by atoms with E-state index in [1.54, 1.807) is 6.07 Å². The zero-order valence-electron chi connectivity index (χ0n) is 16.5. The van der Waals surface area contributed by atoms with E-state index in [0.717, 1.165) is 12.8 Å². The molecule has 0 bridgehead atoms. The predicted octanol–water partition coefficient (Wildman–Crippen LogP) is 2.14. The number of rotatable bonds is 7. The van der Waals surface area contributed by atoms with Gasteiger partial charge in [-0.2, -0.15) is 5.10 Å². The van der Waals surface area contributed by atoms with Crippen LogP contribution in [0.1, 0.15) is 33.6 Å². The quantitative estimate of drug-likeness (QED) is 0.654. The molecule has 0 radical (unpaired) electrons. The van der Waals surface area contributed by atoms with Crippen molar-refractivity contribution in [3.8, 4) is 23.0 Å². The van der Waals surface area contributed by atoms with Crippen molar-refractivity contribution >= 4 is 11.9 Å². The standard InChI is InChI=1S/C18H26N6O4/c1-17(2,3)28-16(25)20-8-18(5-6-18)9-27-15-13(11-7-12(19)24-23-11)14(26-4)21-10-22-15/h7,10H,5-6,8-9H2,1-4H3,(H,20,25)(H3,19,23,24). The number of nitrogens with zero attached hydrogens (tertiary/aromatic N) is 3. The highest BCUT2D eigenvalue weighted by atomic mass is 16.6. The van der Waals surface area contributed by atoms with Gasteiger partial charge in [0.2, 0.25) is 11.8 Å². The minimum Gasteiger partial charge on any atom is -0.480 e. The summed E-state index contributed by atoms with van der Waals surface area (Å²) in [7, 11) is 1.52. The molecule has 2 aromatic heterocycles. The predicted molar refractivity (Wildman–Crippen MR) is 102 cm³/mol. The second-order valence-corrected chi connectivity index (χ2v) is 7.91. The average molecular weight is 390 g/mol. The molecule has 0 atom stereocenters. The van der Waals surface area contributed by atoms with Crippen molar-refractivity contribution in [2.24, 2.45) is 5.41 Å². The molecule has 0 aromatic carbocycles. The Morgan fingerprint density at radius 1 is 1.32 bits per heavy atom. The van der Waals surface area contributed by atoms with Crippen molar-refractivity contribution in [2.75, 3.05) is 26.0 Å². The largest absolute Gasteiger partial charge is 0.480 e. The van der Waals surface area contributed by atoms with Gasteiger partial charge in [0.05, 0.1) is 19.4 Å². The van der Waals surface area contributed by atoms with E-state index in [0.29, 0.717) is 42.0 Å². The Morgan fingerprint density at radius 3 is 2.61 bits per heavy atom. The van der Waals surface area contributed by atoms with Crippen LogP contribution in [0, 0.1) is 5.41 Å². The first-order valence-electron chi connectivity index (χ1n) is 9.01. The van der Waals surface area contributed by atoms with E-state index in [2.05, 4.69) is 25.5 Å². The highest BCUT2D eigenvalue weighted by Gasteiger charge is 2.44. The molecule has 10 nitrogen and oxygen atoms in total. The summed E-state index contributed by atoms with van der Waals surface area (Å²) in [5, 5.41) is 9.58. The Hall–Kier alpha value is -3.04. The van der Waals surface area contributed by atoms with Crippen LogP contribution in [0.15, 0.2) is 12.4 Å². The van der Waals surface area contributed by atoms with E-state index in [1.807, 2.05) is 20.8 Å². The summed E-state index contributed by atoms with van der Waals surface area (Å²) in [6, 6.07) is 1.66. The molecule has 1 aliphatic rings. The molecule has 1 aliphatic carbocycles. The maximum absolute atomic E-state index is 11.9. The number of nitrogens with one attached hydrogen (secondary N) is 2. The van der Waals surface area contributed by atoms with E-state index < -0.39 is 11.7 Å². The minimum atomic E-state index is -0.532. The van der Waals surface area contributed by atoms with Gasteiger partial charge in [-0.05, 0) is 33.6 Å². The van der Waals surface area contributed by atoms with Gasteiger partial charge in [-0.1, -0.05) is 0 Å². The lowest BCUT2D eigenvalue weighted by Gasteiger charge is -2.22. The van der Waals surface area contributed by atoms with Crippen molar-refractivity contribution in [2.45, 2.75) is 39.2 Å². The molecule has 10 heteroatoms. The van der Waals surface area contributed by atoms with Gasteiger partial charge in [0.15, 0.2) is 0 Å². The lowest BCUT2D eigenvalue weighted by atomic mass is 10.1. The number of anilines is 1. The summed E-state index contributed by atoms with van der Waals surface area (Å²) in [5.74, 6) is 1.05. The number of alkyl carbamates (subject to hydrolysis) is 1. The molecule has 1 saturated carbocycles. The van der Waals surface area contributed by atoms with Crippen molar-refractivity contribution in [1.82, 2.24) is 25.5 Å². The summed E-state index contributed by atoms with van der Waals surface area (Å²) in [6.07, 6.45) is 2.82. The Bertz CT molecular complexity index is 841. The van der Waals surface area contributed by atoms with Gasteiger partial charge >= 0.3 is 6.09 Å². The number of hydrogen-bond donors (Lipinski definition) is 3. The number of hydrogen-bond acceptors (Lipinski definition) is 8. The number of nitrogens with two attached hydrogens (primary N) is 1. The number of aromatic amines is 1. The number of carbonyl (C=O) groups is 1. The Labute approximate surface area is 163 Å². The van der Waals surface area contributed by atoms with Crippen LogP contribution >= 0.6 is 0 Å². The van der Waals surface area contributed by atoms with Gasteiger partial charge in [-0.3, -0.25) is 5.10 Å². The molecule has 0 spiro atoms. The van der Waals surface area contributed by atoms with Crippen molar-refractivity contribution in [1.29, 1.82) is 0 Å². The Balaban J connectivity index is 1.67. The molecule has 152 valence electrons. The van der Waals surface area contributed by atoms with Crippen LogP contribution in [0.25, 0.3) is 11.3 Å². The third-order valence-electron chi connectivity index (χ3n) is 4.32. The first-order chi connectivity index (χ1) is 13.2. The summed E-state index contributed by atoms with van der Waals surface area (Å²) >= 11 is 0. The second-order valence-electron chi connectivity index (χ2n) is 7.91. The van der Waals surface area contributed by atoms with Gasteiger partial charge in [0.1, 0.15) is 23.3 Å². The van der Waals surface area contributed by atoms with Crippen molar-refractivity contribution < 1.29 is 19.0 Å². The van der Waals surface area contributed by atoms with E-state index in [-0.39, 0.29) is 5.41 Å². The topological polar surface area (TPSA) is 137 Å². The van der Waals surface area contributed by atoms with Crippen molar-refractivity contribution in [3.63, 3.8) is 0 Å². The maximum atomic E-state index is 11.9. The third kappa shape index (κ3) is 4.81.